The summed E-state index contributed by atoms with van der Waals surface area (Å²) in [5, 5.41) is 12.7. The van der Waals surface area contributed by atoms with Crippen LogP contribution in [-0.4, -0.2) is 24.7 Å². The molecule has 2 N–H and O–H groups in total. The second-order valence-electron chi connectivity index (χ2n) is 4.11. The van der Waals surface area contributed by atoms with Gasteiger partial charge in [-0.05, 0) is 31.2 Å². The van der Waals surface area contributed by atoms with E-state index in [1.165, 1.54) is 36.7 Å². The van der Waals surface area contributed by atoms with E-state index >= 15 is 0 Å². The first-order chi connectivity index (χ1) is 9.47. The highest BCUT2D eigenvalue weighted by atomic mass is 32.2. The normalized spacial score (nSPS) is 11.7. The molecule has 1 aromatic carbocycles. The van der Waals surface area contributed by atoms with Crippen molar-refractivity contribution in [2.75, 3.05) is 0 Å². The molecule has 0 atom stereocenters. The van der Waals surface area contributed by atoms with E-state index in [-0.39, 0.29) is 10.6 Å². The molecule has 0 bridgehead atoms. The first-order valence-electron chi connectivity index (χ1n) is 5.74. The van der Waals surface area contributed by atoms with Crippen LogP contribution in [0.2, 0.25) is 0 Å². The molecule has 0 saturated carbocycles. The summed E-state index contributed by atoms with van der Waals surface area (Å²) in [6.45, 7) is 1.87. The van der Waals surface area contributed by atoms with Crippen LogP contribution >= 0.6 is 0 Å². The third-order valence-corrected chi connectivity index (χ3v) is 3.71. The Hall–Kier alpha value is -2.41. The highest BCUT2D eigenvalue weighted by Crippen LogP contribution is 2.09. The minimum absolute atomic E-state index is 0.0300. The Morgan fingerprint density at radius 3 is 2.50 bits per heavy atom. The van der Waals surface area contributed by atoms with Gasteiger partial charge in [0.1, 0.15) is 5.75 Å². The molecule has 2 aromatic rings. The molecule has 0 unspecified atom stereocenters. The molecule has 0 aliphatic heterocycles. The monoisotopic (exact) mass is 291 g/mol. The lowest BCUT2D eigenvalue weighted by atomic mass is 10.2. The van der Waals surface area contributed by atoms with Gasteiger partial charge < -0.3 is 5.11 Å². The van der Waals surface area contributed by atoms with Crippen molar-refractivity contribution < 1.29 is 13.5 Å². The molecule has 0 saturated heterocycles. The van der Waals surface area contributed by atoms with E-state index < -0.39 is 10.0 Å². The standard InChI is InChI=1S/C13H13N3O3S/c1-10-2-6-13(7-3-10)20(18,19)16-15-8-11-4-5-12(17)9-14-11/h2-9,16-17H,1H3/b15-8-. The summed E-state index contributed by atoms with van der Waals surface area (Å²) >= 11 is 0. The zero-order valence-corrected chi connectivity index (χ0v) is 11.5. The second kappa shape index (κ2) is 5.70. The van der Waals surface area contributed by atoms with E-state index in [0.717, 1.165) is 5.56 Å². The van der Waals surface area contributed by atoms with Gasteiger partial charge in [-0.2, -0.15) is 13.5 Å². The van der Waals surface area contributed by atoms with E-state index in [4.69, 9.17) is 5.11 Å². The maximum Gasteiger partial charge on any atom is 0.276 e. The summed E-state index contributed by atoms with van der Waals surface area (Å²) in [6.07, 6.45) is 2.50. The molecule has 0 spiro atoms. The van der Waals surface area contributed by atoms with Crippen LogP contribution in [0.4, 0.5) is 0 Å². The lowest BCUT2D eigenvalue weighted by Crippen LogP contribution is -2.18. The molecule has 2 rings (SSSR count). The number of aromatic nitrogens is 1. The Balaban J connectivity index is 2.09. The number of aromatic hydroxyl groups is 1. The topological polar surface area (TPSA) is 91.7 Å². The van der Waals surface area contributed by atoms with Gasteiger partial charge in [-0.1, -0.05) is 17.7 Å². The third-order valence-electron chi connectivity index (χ3n) is 2.47. The van der Waals surface area contributed by atoms with Gasteiger partial charge in [-0.25, -0.2) is 4.83 Å². The number of hydrogen-bond donors (Lipinski definition) is 2. The summed E-state index contributed by atoms with van der Waals surface area (Å²) in [4.78, 5) is 6.08. The van der Waals surface area contributed by atoms with Crippen molar-refractivity contribution in [3.8, 4) is 5.75 Å². The van der Waals surface area contributed by atoms with E-state index in [9.17, 15) is 8.42 Å². The smallest absolute Gasteiger partial charge is 0.276 e. The van der Waals surface area contributed by atoms with Crippen LogP contribution < -0.4 is 4.83 Å². The maximum absolute atomic E-state index is 11.9. The first-order valence-corrected chi connectivity index (χ1v) is 7.22. The van der Waals surface area contributed by atoms with Gasteiger partial charge in [-0.3, -0.25) is 4.98 Å². The summed E-state index contributed by atoms with van der Waals surface area (Å²) in [5.74, 6) is 0.0300. The van der Waals surface area contributed by atoms with Crippen molar-refractivity contribution in [2.24, 2.45) is 5.10 Å². The molecular formula is C13H13N3O3S. The fraction of sp³-hybridized carbons (Fsp3) is 0.0769. The first kappa shape index (κ1) is 14.0. The number of aryl methyl sites for hydroxylation is 1. The van der Waals surface area contributed by atoms with Gasteiger partial charge in [0.25, 0.3) is 10.0 Å². The molecule has 6 nitrogen and oxygen atoms in total. The number of benzene rings is 1. The van der Waals surface area contributed by atoms with Crippen LogP contribution in [0.3, 0.4) is 0 Å². The van der Waals surface area contributed by atoms with Gasteiger partial charge in [0.2, 0.25) is 0 Å². The zero-order chi connectivity index (χ0) is 14.6. The fourth-order valence-electron chi connectivity index (χ4n) is 1.41. The molecule has 7 heteroatoms. The Morgan fingerprint density at radius 2 is 1.90 bits per heavy atom. The van der Waals surface area contributed by atoms with E-state index in [1.54, 1.807) is 12.1 Å². The SMILES string of the molecule is Cc1ccc(S(=O)(=O)N/N=C\c2ccc(O)cn2)cc1. The van der Waals surface area contributed by atoms with Crippen LogP contribution in [0.1, 0.15) is 11.3 Å². The van der Waals surface area contributed by atoms with Gasteiger partial charge in [0, 0.05) is 0 Å². The average molecular weight is 291 g/mol. The van der Waals surface area contributed by atoms with Crippen molar-refractivity contribution in [3.63, 3.8) is 0 Å². The van der Waals surface area contributed by atoms with Gasteiger partial charge in [-0.15, -0.1) is 0 Å². The largest absolute Gasteiger partial charge is 0.506 e. The lowest BCUT2D eigenvalue weighted by molar-refractivity contribution is 0.472. The highest BCUT2D eigenvalue weighted by molar-refractivity contribution is 7.89. The number of rotatable bonds is 4. The van der Waals surface area contributed by atoms with Gasteiger partial charge >= 0.3 is 0 Å². The number of nitrogens with zero attached hydrogens (tertiary/aromatic N) is 2. The average Bonchev–Trinajstić information content (AvgIpc) is 2.41. The number of hydrazone groups is 1. The molecular weight excluding hydrogens is 278 g/mol. The maximum atomic E-state index is 11.9. The number of hydrogen-bond acceptors (Lipinski definition) is 5. The summed E-state index contributed by atoms with van der Waals surface area (Å²) in [5.41, 5.74) is 1.40. The predicted octanol–water partition coefficient (Wildman–Crippen LogP) is 1.41. The van der Waals surface area contributed by atoms with Crippen LogP contribution in [0, 0.1) is 6.92 Å². The predicted molar refractivity (Wildman–Crippen MR) is 75.0 cm³/mol. The Kier molecular flexibility index (Phi) is 3.99. The van der Waals surface area contributed by atoms with Crippen LogP contribution in [0.15, 0.2) is 52.6 Å². The third kappa shape index (κ3) is 3.55. The van der Waals surface area contributed by atoms with Crippen LogP contribution in [0.5, 0.6) is 5.75 Å². The number of nitrogens with one attached hydrogen (secondary N) is 1. The molecule has 1 heterocycles. The lowest BCUT2D eigenvalue weighted by Gasteiger charge is -2.03. The number of sulfonamides is 1. The molecule has 20 heavy (non-hydrogen) atoms. The summed E-state index contributed by atoms with van der Waals surface area (Å²) in [6, 6.07) is 9.37. The van der Waals surface area contributed by atoms with Crippen LogP contribution in [-0.2, 0) is 10.0 Å². The van der Waals surface area contributed by atoms with Gasteiger partial charge in [0.05, 0.1) is 23.0 Å². The van der Waals surface area contributed by atoms with Crippen molar-refractivity contribution in [3.05, 3.63) is 53.9 Å². The highest BCUT2D eigenvalue weighted by Gasteiger charge is 2.11. The molecule has 0 aliphatic rings. The van der Waals surface area contributed by atoms with Crippen LogP contribution in [0.25, 0.3) is 0 Å². The van der Waals surface area contributed by atoms with E-state index in [1.807, 2.05) is 6.92 Å². The molecule has 0 radical (unpaired) electrons. The van der Waals surface area contributed by atoms with E-state index in [0.29, 0.717) is 5.69 Å². The van der Waals surface area contributed by atoms with E-state index in [2.05, 4.69) is 14.9 Å². The molecule has 0 amide bonds. The fourth-order valence-corrected chi connectivity index (χ4v) is 2.20. The van der Waals surface area contributed by atoms with Crippen molar-refractivity contribution in [1.82, 2.24) is 9.82 Å². The Bertz CT molecular complexity index is 708. The molecule has 104 valence electrons. The second-order valence-corrected chi connectivity index (χ2v) is 5.77. The minimum atomic E-state index is -3.68. The number of pyridine rings is 1. The molecule has 0 fully saturated rings. The summed E-state index contributed by atoms with van der Waals surface area (Å²) in [7, 11) is -3.68. The van der Waals surface area contributed by atoms with Crippen molar-refractivity contribution in [2.45, 2.75) is 11.8 Å². The van der Waals surface area contributed by atoms with Crippen molar-refractivity contribution in [1.29, 1.82) is 0 Å². The summed E-state index contributed by atoms with van der Waals surface area (Å²) < 4.78 is 23.8. The van der Waals surface area contributed by atoms with Crippen molar-refractivity contribution >= 4 is 16.2 Å². The molecule has 0 aliphatic carbocycles. The Labute approximate surface area is 116 Å². The molecule has 1 aromatic heterocycles. The minimum Gasteiger partial charge on any atom is -0.506 e. The zero-order valence-electron chi connectivity index (χ0n) is 10.7. The quantitative estimate of drug-likeness (QED) is 0.658. The Morgan fingerprint density at radius 1 is 1.20 bits per heavy atom. The van der Waals surface area contributed by atoms with Gasteiger partial charge in [0.15, 0.2) is 0 Å².